The SMILES string of the molecule is Cc1ccc(-c2nc3c(c(SCc4ccccc4)n2)Cc2ccccc2O3)cc1. The Morgan fingerprint density at radius 1 is 0.862 bits per heavy atom. The van der Waals surface area contributed by atoms with Crippen LogP contribution in [0.3, 0.4) is 0 Å². The van der Waals surface area contributed by atoms with Crippen molar-refractivity contribution in [2.45, 2.75) is 24.1 Å². The fraction of sp³-hybridized carbons (Fsp3) is 0.120. The molecule has 142 valence electrons. The minimum Gasteiger partial charge on any atom is -0.438 e. The predicted molar refractivity (Wildman–Crippen MR) is 118 cm³/mol. The van der Waals surface area contributed by atoms with E-state index >= 15 is 0 Å². The van der Waals surface area contributed by atoms with E-state index in [0.29, 0.717) is 11.7 Å². The van der Waals surface area contributed by atoms with Crippen molar-refractivity contribution in [1.82, 2.24) is 9.97 Å². The molecule has 2 heterocycles. The van der Waals surface area contributed by atoms with Crippen molar-refractivity contribution in [3.63, 3.8) is 0 Å². The highest BCUT2D eigenvalue weighted by Gasteiger charge is 2.24. The summed E-state index contributed by atoms with van der Waals surface area (Å²) < 4.78 is 6.19. The second-order valence-corrected chi connectivity index (χ2v) is 8.13. The molecule has 0 radical (unpaired) electrons. The summed E-state index contributed by atoms with van der Waals surface area (Å²) in [6.07, 6.45) is 0.788. The number of fused-ring (bicyclic) bond motifs is 2. The first kappa shape index (κ1) is 18.0. The topological polar surface area (TPSA) is 35.0 Å². The van der Waals surface area contributed by atoms with Crippen LogP contribution < -0.4 is 4.74 Å². The van der Waals surface area contributed by atoms with Crippen LogP contribution in [0.4, 0.5) is 0 Å². The van der Waals surface area contributed by atoms with Gasteiger partial charge in [-0.05, 0) is 24.1 Å². The number of rotatable bonds is 4. The van der Waals surface area contributed by atoms with Crippen molar-refractivity contribution in [3.05, 3.63) is 101 Å². The van der Waals surface area contributed by atoms with Gasteiger partial charge in [0, 0.05) is 17.7 Å². The van der Waals surface area contributed by atoms with Crippen molar-refractivity contribution in [2.24, 2.45) is 0 Å². The van der Waals surface area contributed by atoms with E-state index in [1.807, 2.05) is 24.3 Å². The quantitative estimate of drug-likeness (QED) is 0.259. The molecule has 0 spiro atoms. The lowest BCUT2D eigenvalue weighted by Crippen LogP contribution is -2.09. The van der Waals surface area contributed by atoms with Gasteiger partial charge in [0.05, 0.1) is 5.56 Å². The average molecular weight is 397 g/mol. The maximum absolute atomic E-state index is 6.19. The van der Waals surface area contributed by atoms with Gasteiger partial charge in [-0.3, -0.25) is 0 Å². The van der Waals surface area contributed by atoms with Gasteiger partial charge in [0.2, 0.25) is 5.88 Å². The predicted octanol–water partition coefficient (Wildman–Crippen LogP) is 6.44. The monoisotopic (exact) mass is 396 g/mol. The molecule has 1 aromatic heterocycles. The molecule has 4 heteroatoms. The van der Waals surface area contributed by atoms with Crippen molar-refractivity contribution in [1.29, 1.82) is 0 Å². The van der Waals surface area contributed by atoms with E-state index in [1.165, 1.54) is 16.7 Å². The Balaban J connectivity index is 1.56. The Morgan fingerprint density at radius 3 is 2.45 bits per heavy atom. The molecule has 0 atom stereocenters. The molecule has 0 saturated heterocycles. The molecule has 0 bridgehead atoms. The van der Waals surface area contributed by atoms with Crippen LogP contribution in [0, 0.1) is 6.92 Å². The largest absolute Gasteiger partial charge is 0.438 e. The van der Waals surface area contributed by atoms with Crippen molar-refractivity contribution >= 4 is 11.8 Å². The molecular weight excluding hydrogens is 376 g/mol. The number of hydrogen-bond acceptors (Lipinski definition) is 4. The molecule has 0 unspecified atom stereocenters. The van der Waals surface area contributed by atoms with E-state index in [0.717, 1.165) is 34.1 Å². The van der Waals surface area contributed by atoms with Gasteiger partial charge in [-0.1, -0.05) is 78.4 Å². The zero-order chi connectivity index (χ0) is 19.6. The van der Waals surface area contributed by atoms with E-state index < -0.39 is 0 Å². The molecule has 1 aliphatic heterocycles. The van der Waals surface area contributed by atoms with Crippen LogP contribution in [0.5, 0.6) is 11.6 Å². The Kier molecular flexibility index (Phi) is 4.78. The maximum Gasteiger partial charge on any atom is 0.227 e. The fourth-order valence-electron chi connectivity index (χ4n) is 3.40. The summed E-state index contributed by atoms with van der Waals surface area (Å²) in [6, 6.07) is 26.9. The first-order valence-electron chi connectivity index (χ1n) is 9.67. The summed E-state index contributed by atoms with van der Waals surface area (Å²) in [5.41, 5.74) is 5.74. The van der Waals surface area contributed by atoms with Gasteiger partial charge in [-0.25, -0.2) is 4.98 Å². The van der Waals surface area contributed by atoms with Crippen LogP contribution in [0.15, 0.2) is 83.9 Å². The molecule has 3 aromatic carbocycles. The van der Waals surface area contributed by atoms with Crippen LogP contribution in [0.2, 0.25) is 0 Å². The summed E-state index contributed by atoms with van der Waals surface area (Å²) in [6.45, 7) is 2.08. The Labute approximate surface area is 174 Å². The molecule has 0 aliphatic carbocycles. The summed E-state index contributed by atoms with van der Waals surface area (Å²) in [7, 11) is 0. The van der Waals surface area contributed by atoms with Crippen molar-refractivity contribution < 1.29 is 4.74 Å². The zero-order valence-corrected chi connectivity index (χ0v) is 16.9. The second-order valence-electron chi connectivity index (χ2n) is 7.16. The molecule has 0 saturated carbocycles. The normalized spacial score (nSPS) is 12.0. The number of ether oxygens (including phenoxy) is 1. The van der Waals surface area contributed by atoms with E-state index in [1.54, 1.807) is 11.8 Å². The second kappa shape index (κ2) is 7.72. The van der Waals surface area contributed by atoms with Gasteiger partial charge in [-0.15, -0.1) is 11.8 Å². The number of hydrogen-bond donors (Lipinski definition) is 0. The van der Waals surface area contributed by atoms with E-state index in [-0.39, 0.29) is 0 Å². The van der Waals surface area contributed by atoms with Gasteiger partial charge in [-0.2, -0.15) is 4.98 Å². The molecule has 29 heavy (non-hydrogen) atoms. The maximum atomic E-state index is 6.19. The Bertz CT molecular complexity index is 1160. The first-order chi connectivity index (χ1) is 14.3. The van der Waals surface area contributed by atoms with Crippen LogP contribution in [-0.4, -0.2) is 9.97 Å². The van der Waals surface area contributed by atoms with Crippen molar-refractivity contribution in [3.8, 4) is 23.0 Å². The number of aromatic nitrogens is 2. The molecule has 0 fully saturated rings. The first-order valence-corrected chi connectivity index (χ1v) is 10.7. The molecule has 5 rings (SSSR count). The Hall–Kier alpha value is -3.11. The number of para-hydroxylation sites is 1. The number of aryl methyl sites for hydroxylation is 1. The smallest absolute Gasteiger partial charge is 0.227 e. The van der Waals surface area contributed by atoms with Gasteiger partial charge in [0.15, 0.2) is 5.82 Å². The van der Waals surface area contributed by atoms with Crippen LogP contribution >= 0.6 is 11.8 Å². The summed E-state index contributed by atoms with van der Waals surface area (Å²) in [4.78, 5) is 9.73. The molecule has 4 aromatic rings. The average Bonchev–Trinajstić information content (AvgIpc) is 2.77. The highest BCUT2D eigenvalue weighted by Crippen LogP contribution is 2.40. The summed E-state index contributed by atoms with van der Waals surface area (Å²) in [5.74, 6) is 3.12. The van der Waals surface area contributed by atoms with E-state index in [4.69, 9.17) is 14.7 Å². The fourth-order valence-corrected chi connectivity index (χ4v) is 4.38. The number of thioether (sulfide) groups is 1. The number of nitrogens with zero attached hydrogens (tertiary/aromatic N) is 2. The minimum absolute atomic E-state index is 0.671. The highest BCUT2D eigenvalue weighted by molar-refractivity contribution is 7.98. The van der Waals surface area contributed by atoms with Gasteiger partial charge >= 0.3 is 0 Å². The van der Waals surface area contributed by atoms with Crippen LogP contribution in [0.1, 0.15) is 22.3 Å². The molecule has 1 aliphatic rings. The third-order valence-electron chi connectivity index (χ3n) is 5.01. The standard InChI is InChI=1S/C25H20N2OS/c1-17-11-13-19(14-12-17)23-26-24-21(15-20-9-5-6-10-22(20)28-24)25(27-23)29-16-18-7-3-2-4-8-18/h2-14H,15-16H2,1H3. The summed E-state index contributed by atoms with van der Waals surface area (Å²) >= 11 is 1.74. The molecular formula is C25H20N2OS. The van der Waals surface area contributed by atoms with E-state index in [2.05, 4.69) is 61.5 Å². The van der Waals surface area contributed by atoms with Gasteiger partial charge < -0.3 is 4.74 Å². The highest BCUT2D eigenvalue weighted by atomic mass is 32.2. The lowest BCUT2D eigenvalue weighted by atomic mass is 10.0. The third kappa shape index (κ3) is 3.76. The van der Waals surface area contributed by atoms with Gasteiger partial charge in [0.1, 0.15) is 10.8 Å². The Morgan fingerprint density at radius 2 is 1.62 bits per heavy atom. The summed E-state index contributed by atoms with van der Waals surface area (Å²) in [5, 5.41) is 0.990. The lowest BCUT2D eigenvalue weighted by Gasteiger charge is -2.21. The number of benzene rings is 3. The van der Waals surface area contributed by atoms with Crippen LogP contribution in [-0.2, 0) is 12.2 Å². The van der Waals surface area contributed by atoms with Gasteiger partial charge in [0.25, 0.3) is 0 Å². The molecule has 3 nitrogen and oxygen atoms in total. The minimum atomic E-state index is 0.671. The van der Waals surface area contributed by atoms with Crippen LogP contribution in [0.25, 0.3) is 11.4 Å². The molecule has 0 amide bonds. The lowest BCUT2D eigenvalue weighted by molar-refractivity contribution is 0.435. The zero-order valence-electron chi connectivity index (χ0n) is 16.1. The molecule has 0 N–H and O–H groups in total. The van der Waals surface area contributed by atoms with E-state index in [9.17, 15) is 0 Å². The third-order valence-corrected chi connectivity index (χ3v) is 6.09. The van der Waals surface area contributed by atoms with Crippen molar-refractivity contribution in [2.75, 3.05) is 0 Å².